The first-order valence-electron chi connectivity index (χ1n) is 5.67. The van der Waals surface area contributed by atoms with Crippen LogP contribution in [0.2, 0.25) is 5.15 Å². The average molecular weight is 340 g/mol. The number of amides is 1. The van der Waals surface area contributed by atoms with Gasteiger partial charge in [-0.15, -0.1) is 0 Å². The lowest BCUT2D eigenvalue weighted by Gasteiger charge is -2.07. The molecule has 0 aliphatic rings. The molecular weight excluding hydrogens is 328 g/mol. The van der Waals surface area contributed by atoms with Crippen molar-refractivity contribution in [3.05, 3.63) is 56.8 Å². The Hall–Kier alpha value is -1.39. The van der Waals surface area contributed by atoms with Crippen molar-refractivity contribution in [1.82, 2.24) is 4.98 Å². The number of hydrogen-bond acceptors (Lipinski definition) is 2. The summed E-state index contributed by atoms with van der Waals surface area (Å²) >= 11 is 9.25. The number of pyridine rings is 1. The SMILES string of the molecule is Cc1ccc(C(=O)Nc2cnc(Cl)c(C)c2)cc1Br. The second-order valence-electron chi connectivity index (χ2n) is 4.25. The molecule has 3 nitrogen and oxygen atoms in total. The number of rotatable bonds is 2. The Bertz CT molecular complexity index is 643. The number of benzene rings is 1. The number of anilines is 1. The van der Waals surface area contributed by atoms with E-state index in [1.165, 1.54) is 6.20 Å². The highest BCUT2D eigenvalue weighted by atomic mass is 79.9. The van der Waals surface area contributed by atoms with E-state index in [-0.39, 0.29) is 5.91 Å². The van der Waals surface area contributed by atoms with Gasteiger partial charge in [0.25, 0.3) is 5.91 Å². The van der Waals surface area contributed by atoms with Gasteiger partial charge in [0.15, 0.2) is 0 Å². The Morgan fingerprint density at radius 2 is 2.00 bits per heavy atom. The van der Waals surface area contributed by atoms with E-state index in [9.17, 15) is 4.79 Å². The van der Waals surface area contributed by atoms with Crippen molar-refractivity contribution < 1.29 is 4.79 Å². The Kier molecular flexibility index (Phi) is 4.22. The zero-order valence-corrected chi connectivity index (χ0v) is 12.8. The number of carbonyl (C=O) groups excluding carboxylic acids is 1. The Morgan fingerprint density at radius 1 is 1.26 bits per heavy atom. The van der Waals surface area contributed by atoms with Crippen LogP contribution in [0.3, 0.4) is 0 Å². The molecular formula is C14H12BrClN2O. The zero-order valence-electron chi connectivity index (χ0n) is 10.5. The third-order valence-electron chi connectivity index (χ3n) is 2.71. The highest BCUT2D eigenvalue weighted by Gasteiger charge is 2.08. The number of nitrogens with one attached hydrogen (secondary N) is 1. The topological polar surface area (TPSA) is 42.0 Å². The highest BCUT2D eigenvalue weighted by molar-refractivity contribution is 9.10. The van der Waals surface area contributed by atoms with Crippen molar-refractivity contribution in [1.29, 1.82) is 0 Å². The van der Waals surface area contributed by atoms with E-state index >= 15 is 0 Å². The summed E-state index contributed by atoms with van der Waals surface area (Å²) in [5, 5.41) is 3.23. The molecule has 1 aromatic carbocycles. The third-order valence-corrected chi connectivity index (χ3v) is 3.96. The van der Waals surface area contributed by atoms with Gasteiger partial charge in [0.05, 0.1) is 11.9 Å². The molecule has 0 unspecified atom stereocenters. The van der Waals surface area contributed by atoms with Crippen LogP contribution < -0.4 is 5.32 Å². The summed E-state index contributed by atoms with van der Waals surface area (Å²) < 4.78 is 0.908. The summed E-state index contributed by atoms with van der Waals surface area (Å²) in [7, 11) is 0. The lowest BCUT2D eigenvalue weighted by atomic mass is 10.1. The Labute approximate surface area is 125 Å². The van der Waals surface area contributed by atoms with Gasteiger partial charge in [0, 0.05) is 10.0 Å². The Balaban J connectivity index is 2.20. The molecule has 0 bridgehead atoms. The van der Waals surface area contributed by atoms with E-state index in [0.717, 1.165) is 15.6 Å². The molecule has 2 aromatic rings. The molecule has 0 saturated heterocycles. The van der Waals surface area contributed by atoms with Gasteiger partial charge in [0.2, 0.25) is 0 Å². The maximum atomic E-state index is 12.1. The van der Waals surface area contributed by atoms with Crippen LogP contribution in [0.25, 0.3) is 0 Å². The summed E-state index contributed by atoms with van der Waals surface area (Å²) in [6.07, 6.45) is 1.54. The molecule has 0 aliphatic carbocycles. The zero-order chi connectivity index (χ0) is 14.0. The van der Waals surface area contributed by atoms with E-state index < -0.39 is 0 Å². The first-order valence-corrected chi connectivity index (χ1v) is 6.84. The molecule has 0 spiro atoms. The standard InChI is InChI=1S/C14H12BrClN2O/c1-8-3-4-10(6-12(8)15)14(19)18-11-5-9(2)13(16)17-7-11/h3-7H,1-2H3,(H,18,19). The molecule has 0 saturated carbocycles. The molecule has 0 fully saturated rings. The van der Waals surface area contributed by atoms with E-state index in [2.05, 4.69) is 26.2 Å². The van der Waals surface area contributed by atoms with Crippen molar-refractivity contribution >= 4 is 39.1 Å². The predicted octanol–water partition coefficient (Wildman–Crippen LogP) is 4.37. The Morgan fingerprint density at radius 3 is 2.63 bits per heavy atom. The molecule has 1 heterocycles. The van der Waals surface area contributed by atoms with Gasteiger partial charge in [-0.25, -0.2) is 4.98 Å². The molecule has 0 atom stereocenters. The van der Waals surface area contributed by atoms with Crippen LogP contribution in [0.15, 0.2) is 34.9 Å². The van der Waals surface area contributed by atoms with Crippen molar-refractivity contribution in [2.24, 2.45) is 0 Å². The van der Waals surface area contributed by atoms with Gasteiger partial charge in [0.1, 0.15) is 5.15 Å². The molecule has 1 aromatic heterocycles. The quantitative estimate of drug-likeness (QED) is 0.826. The fourth-order valence-electron chi connectivity index (χ4n) is 1.56. The second kappa shape index (κ2) is 5.72. The van der Waals surface area contributed by atoms with Crippen molar-refractivity contribution in [2.75, 3.05) is 5.32 Å². The molecule has 5 heteroatoms. The van der Waals surface area contributed by atoms with Gasteiger partial charge < -0.3 is 5.32 Å². The van der Waals surface area contributed by atoms with Crippen LogP contribution in [-0.4, -0.2) is 10.9 Å². The number of aromatic nitrogens is 1. The first kappa shape index (κ1) is 14.0. The molecule has 1 N–H and O–H groups in total. The summed E-state index contributed by atoms with van der Waals surface area (Å²) in [6, 6.07) is 7.26. The summed E-state index contributed by atoms with van der Waals surface area (Å²) in [5.41, 5.74) is 3.12. The van der Waals surface area contributed by atoms with Crippen molar-refractivity contribution in [3.63, 3.8) is 0 Å². The maximum Gasteiger partial charge on any atom is 0.255 e. The van der Waals surface area contributed by atoms with Gasteiger partial charge in [-0.2, -0.15) is 0 Å². The number of halogens is 2. The largest absolute Gasteiger partial charge is 0.321 e. The number of hydrogen-bond donors (Lipinski definition) is 1. The van der Waals surface area contributed by atoms with E-state index in [4.69, 9.17) is 11.6 Å². The summed E-state index contributed by atoms with van der Waals surface area (Å²) in [4.78, 5) is 16.1. The van der Waals surface area contributed by atoms with Crippen molar-refractivity contribution in [3.8, 4) is 0 Å². The normalized spacial score (nSPS) is 10.3. The first-order chi connectivity index (χ1) is 8.97. The molecule has 2 rings (SSSR count). The fourth-order valence-corrected chi connectivity index (χ4v) is 2.05. The highest BCUT2D eigenvalue weighted by Crippen LogP contribution is 2.20. The molecule has 0 radical (unpaired) electrons. The average Bonchev–Trinajstić information content (AvgIpc) is 2.37. The maximum absolute atomic E-state index is 12.1. The number of carbonyl (C=O) groups is 1. The van der Waals surface area contributed by atoms with Crippen LogP contribution in [0.5, 0.6) is 0 Å². The molecule has 98 valence electrons. The van der Waals surface area contributed by atoms with Gasteiger partial charge in [-0.05, 0) is 43.2 Å². The second-order valence-corrected chi connectivity index (χ2v) is 5.46. The van der Waals surface area contributed by atoms with E-state index in [1.54, 1.807) is 18.2 Å². The van der Waals surface area contributed by atoms with Crippen LogP contribution in [0.4, 0.5) is 5.69 Å². The van der Waals surface area contributed by atoms with Crippen LogP contribution >= 0.6 is 27.5 Å². The van der Waals surface area contributed by atoms with Crippen LogP contribution in [0.1, 0.15) is 21.5 Å². The lowest BCUT2D eigenvalue weighted by Crippen LogP contribution is -2.12. The number of nitrogens with zero attached hydrogens (tertiary/aromatic N) is 1. The summed E-state index contributed by atoms with van der Waals surface area (Å²) in [6.45, 7) is 3.81. The predicted molar refractivity (Wildman–Crippen MR) is 80.8 cm³/mol. The van der Waals surface area contributed by atoms with E-state index in [1.807, 2.05) is 19.9 Å². The monoisotopic (exact) mass is 338 g/mol. The van der Waals surface area contributed by atoms with E-state index in [0.29, 0.717) is 16.4 Å². The number of aryl methyl sites for hydroxylation is 2. The smallest absolute Gasteiger partial charge is 0.255 e. The summed E-state index contributed by atoms with van der Waals surface area (Å²) in [5.74, 6) is -0.177. The molecule has 0 aliphatic heterocycles. The van der Waals surface area contributed by atoms with Crippen LogP contribution in [0, 0.1) is 13.8 Å². The van der Waals surface area contributed by atoms with Crippen LogP contribution in [-0.2, 0) is 0 Å². The lowest BCUT2D eigenvalue weighted by molar-refractivity contribution is 0.102. The molecule has 1 amide bonds. The minimum atomic E-state index is -0.177. The minimum Gasteiger partial charge on any atom is -0.321 e. The van der Waals surface area contributed by atoms with Gasteiger partial charge in [-0.1, -0.05) is 33.6 Å². The van der Waals surface area contributed by atoms with Crippen molar-refractivity contribution in [2.45, 2.75) is 13.8 Å². The minimum absolute atomic E-state index is 0.177. The van der Waals surface area contributed by atoms with Gasteiger partial charge >= 0.3 is 0 Å². The third kappa shape index (κ3) is 3.33. The fraction of sp³-hybridized carbons (Fsp3) is 0.143. The molecule has 19 heavy (non-hydrogen) atoms. The van der Waals surface area contributed by atoms with Gasteiger partial charge in [-0.3, -0.25) is 4.79 Å².